The van der Waals surface area contributed by atoms with Crippen molar-refractivity contribution in [1.82, 2.24) is 9.88 Å². The van der Waals surface area contributed by atoms with Gasteiger partial charge in [-0.2, -0.15) is 0 Å². The quantitative estimate of drug-likeness (QED) is 0.545. The Labute approximate surface area is 179 Å². The molecule has 0 spiro atoms. The second-order valence-corrected chi connectivity index (χ2v) is 8.94. The van der Waals surface area contributed by atoms with Gasteiger partial charge >= 0.3 is 0 Å². The Hall–Kier alpha value is -2.59. The van der Waals surface area contributed by atoms with Crippen molar-refractivity contribution in [1.29, 1.82) is 0 Å². The summed E-state index contributed by atoms with van der Waals surface area (Å²) in [6.07, 6.45) is 5.41. The van der Waals surface area contributed by atoms with Gasteiger partial charge < -0.3 is 15.2 Å². The molecule has 0 aliphatic carbocycles. The van der Waals surface area contributed by atoms with Crippen LogP contribution < -0.4 is 5.32 Å². The summed E-state index contributed by atoms with van der Waals surface area (Å²) in [5.74, 6) is 1.26. The monoisotopic (exact) mass is 403 g/mol. The number of nitrogens with one attached hydrogen (secondary N) is 2. The van der Waals surface area contributed by atoms with Crippen LogP contribution in [0, 0.1) is 5.92 Å². The second-order valence-electron chi connectivity index (χ2n) is 8.94. The van der Waals surface area contributed by atoms with Crippen LogP contribution in [-0.4, -0.2) is 35.4 Å². The molecule has 0 atom stereocenters. The lowest BCUT2D eigenvalue weighted by Crippen LogP contribution is -2.35. The van der Waals surface area contributed by atoms with Crippen molar-refractivity contribution in [2.75, 3.05) is 25.0 Å². The number of piperidine rings is 1. The van der Waals surface area contributed by atoms with Crippen molar-refractivity contribution in [3.8, 4) is 0 Å². The van der Waals surface area contributed by atoms with E-state index in [1.54, 1.807) is 0 Å². The number of likely N-dealkylation sites (tertiary alicyclic amines) is 1. The topological polar surface area (TPSA) is 48.1 Å². The highest BCUT2D eigenvalue weighted by Gasteiger charge is 2.23. The van der Waals surface area contributed by atoms with Crippen LogP contribution in [0.15, 0.2) is 48.7 Å². The smallest absolute Gasteiger partial charge is 0.255 e. The van der Waals surface area contributed by atoms with Gasteiger partial charge in [0.2, 0.25) is 0 Å². The number of anilines is 1. The van der Waals surface area contributed by atoms with Gasteiger partial charge in [0.25, 0.3) is 5.91 Å². The highest BCUT2D eigenvalue weighted by Crippen LogP contribution is 2.34. The van der Waals surface area contributed by atoms with Crippen molar-refractivity contribution in [2.45, 2.75) is 46.0 Å². The number of fused-ring (bicyclic) bond motifs is 1. The minimum Gasteiger partial charge on any atom is -0.361 e. The van der Waals surface area contributed by atoms with Gasteiger partial charge in [-0.05, 0) is 79.6 Å². The van der Waals surface area contributed by atoms with Gasteiger partial charge in [-0.15, -0.1) is 0 Å². The van der Waals surface area contributed by atoms with E-state index in [9.17, 15) is 4.79 Å². The van der Waals surface area contributed by atoms with E-state index in [-0.39, 0.29) is 5.91 Å². The third kappa shape index (κ3) is 4.44. The third-order valence-electron chi connectivity index (χ3n) is 6.27. The molecule has 1 aliphatic heterocycles. The molecule has 0 bridgehead atoms. The molecule has 0 saturated carbocycles. The molecule has 2 heterocycles. The van der Waals surface area contributed by atoms with Gasteiger partial charge in [0, 0.05) is 34.9 Å². The van der Waals surface area contributed by atoms with Crippen LogP contribution in [-0.2, 0) is 6.42 Å². The summed E-state index contributed by atoms with van der Waals surface area (Å²) in [6, 6.07) is 14.0. The van der Waals surface area contributed by atoms with Crippen LogP contribution in [0.2, 0.25) is 0 Å². The van der Waals surface area contributed by atoms with E-state index < -0.39 is 0 Å². The third-order valence-corrected chi connectivity index (χ3v) is 6.27. The number of carbonyl (C=O) groups excluding carboxylic acids is 1. The van der Waals surface area contributed by atoms with Gasteiger partial charge in [-0.3, -0.25) is 4.79 Å². The van der Waals surface area contributed by atoms with Gasteiger partial charge in [0.05, 0.1) is 0 Å². The fraction of sp³-hybridized carbons (Fsp3) is 0.423. The van der Waals surface area contributed by atoms with Crippen molar-refractivity contribution in [3.05, 3.63) is 65.4 Å². The number of nitrogens with zero attached hydrogens (tertiary/aromatic N) is 1. The molecule has 1 fully saturated rings. The zero-order valence-corrected chi connectivity index (χ0v) is 18.4. The Kier molecular flexibility index (Phi) is 6.24. The molecule has 1 saturated heterocycles. The van der Waals surface area contributed by atoms with E-state index >= 15 is 0 Å². The molecular formula is C26H33N3O. The molecule has 4 rings (SSSR count). The van der Waals surface area contributed by atoms with Crippen LogP contribution in [0.4, 0.5) is 5.69 Å². The number of amides is 1. The highest BCUT2D eigenvalue weighted by atomic mass is 16.1. The number of hydrogen-bond donors (Lipinski definition) is 2. The molecule has 4 heteroatoms. The van der Waals surface area contributed by atoms with Crippen molar-refractivity contribution < 1.29 is 4.79 Å². The van der Waals surface area contributed by atoms with E-state index in [0.717, 1.165) is 34.7 Å². The van der Waals surface area contributed by atoms with Crippen molar-refractivity contribution >= 4 is 22.5 Å². The molecule has 30 heavy (non-hydrogen) atoms. The molecule has 1 aliphatic rings. The first-order valence-corrected chi connectivity index (χ1v) is 11.3. The molecule has 0 unspecified atom stereocenters. The zero-order valence-electron chi connectivity index (χ0n) is 18.4. The Balaban J connectivity index is 1.51. The van der Waals surface area contributed by atoms with E-state index in [2.05, 4.69) is 54.3 Å². The second kappa shape index (κ2) is 9.05. The number of H-pyrrole nitrogens is 1. The lowest BCUT2D eigenvalue weighted by Gasteiger charge is -2.33. The summed E-state index contributed by atoms with van der Waals surface area (Å²) >= 11 is 0. The Bertz CT molecular complexity index is 1010. The summed E-state index contributed by atoms with van der Waals surface area (Å²) in [7, 11) is 0. The Morgan fingerprint density at radius 2 is 1.93 bits per heavy atom. The number of rotatable bonds is 6. The predicted molar refractivity (Wildman–Crippen MR) is 125 cm³/mol. The summed E-state index contributed by atoms with van der Waals surface area (Å²) in [5.41, 5.74) is 5.22. The maximum atomic E-state index is 12.9. The molecular weight excluding hydrogens is 370 g/mol. The van der Waals surface area contributed by atoms with Crippen LogP contribution in [0.25, 0.3) is 10.9 Å². The summed E-state index contributed by atoms with van der Waals surface area (Å²) < 4.78 is 0. The Morgan fingerprint density at radius 3 is 2.67 bits per heavy atom. The van der Waals surface area contributed by atoms with Crippen molar-refractivity contribution in [3.63, 3.8) is 0 Å². The number of aromatic amines is 1. The number of hydrogen-bond acceptors (Lipinski definition) is 2. The minimum atomic E-state index is -0.0362. The average molecular weight is 404 g/mol. The first-order chi connectivity index (χ1) is 14.5. The molecule has 1 aromatic heterocycles. The standard InChI is InChI=1S/C26H33N3O/c1-4-19-7-5-6-8-22(19)26(30)28-21-9-10-25-23(15-21)24(16-27-25)20-11-13-29(14-12-20)17-18(2)3/h5-10,15-16,18,20,27H,4,11-14,17H2,1-3H3,(H,28,30). The SMILES string of the molecule is CCc1ccccc1C(=O)Nc1ccc2[nH]cc(C3CCN(CC(C)C)CC3)c2c1. The number of benzene rings is 2. The first-order valence-electron chi connectivity index (χ1n) is 11.3. The summed E-state index contributed by atoms with van der Waals surface area (Å²) in [5, 5.41) is 4.35. The molecule has 4 nitrogen and oxygen atoms in total. The maximum Gasteiger partial charge on any atom is 0.255 e. The van der Waals surface area contributed by atoms with Crippen LogP contribution >= 0.6 is 0 Å². The highest BCUT2D eigenvalue weighted by molar-refractivity contribution is 6.06. The predicted octanol–water partition coefficient (Wildman–Crippen LogP) is 5.82. The fourth-order valence-electron chi connectivity index (χ4n) is 4.75. The van der Waals surface area contributed by atoms with Crippen LogP contribution in [0.5, 0.6) is 0 Å². The molecule has 3 aromatic rings. The number of aromatic nitrogens is 1. The van der Waals surface area contributed by atoms with E-state index in [0.29, 0.717) is 5.92 Å². The van der Waals surface area contributed by atoms with E-state index in [1.807, 2.05) is 30.3 Å². The lowest BCUT2D eigenvalue weighted by molar-refractivity contribution is 0.102. The molecule has 0 radical (unpaired) electrons. The lowest BCUT2D eigenvalue weighted by atomic mass is 9.89. The van der Waals surface area contributed by atoms with Gasteiger partial charge in [-0.1, -0.05) is 39.0 Å². The Morgan fingerprint density at radius 1 is 1.17 bits per heavy atom. The first kappa shape index (κ1) is 20.7. The molecule has 2 N–H and O–H groups in total. The van der Waals surface area contributed by atoms with Crippen molar-refractivity contribution in [2.24, 2.45) is 5.92 Å². The summed E-state index contributed by atoms with van der Waals surface area (Å²) in [6.45, 7) is 10.2. The number of aryl methyl sites for hydroxylation is 1. The molecule has 158 valence electrons. The van der Waals surface area contributed by atoms with Gasteiger partial charge in [0.1, 0.15) is 0 Å². The average Bonchev–Trinajstić information content (AvgIpc) is 3.17. The van der Waals surface area contributed by atoms with Gasteiger partial charge in [0.15, 0.2) is 0 Å². The largest absolute Gasteiger partial charge is 0.361 e. The molecule has 2 aromatic carbocycles. The number of carbonyl (C=O) groups is 1. The van der Waals surface area contributed by atoms with Crippen LogP contribution in [0.3, 0.4) is 0 Å². The van der Waals surface area contributed by atoms with Crippen LogP contribution in [0.1, 0.15) is 61.0 Å². The maximum absolute atomic E-state index is 12.9. The fourth-order valence-corrected chi connectivity index (χ4v) is 4.75. The minimum absolute atomic E-state index is 0.0362. The van der Waals surface area contributed by atoms with E-state index in [1.165, 1.54) is 43.4 Å². The summed E-state index contributed by atoms with van der Waals surface area (Å²) in [4.78, 5) is 18.9. The zero-order chi connectivity index (χ0) is 21.1. The molecule has 1 amide bonds. The van der Waals surface area contributed by atoms with E-state index in [4.69, 9.17) is 0 Å². The normalized spacial score (nSPS) is 15.7. The van der Waals surface area contributed by atoms with Gasteiger partial charge in [-0.25, -0.2) is 0 Å².